The third-order valence-corrected chi connectivity index (χ3v) is 3.13. The van der Waals surface area contributed by atoms with Gasteiger partial charge in [0, 0.05) is 0 Å². The zero-order chi connectivity index (χ0) is 15.6. The molecular weight excluding hydrogens is 279 g/mol. The molecule has 21 heavy (non-hydrogen) atoms. The van der Waals surface area contributed by atoms with Crippen molar-refractivity contribution in [3.63, 3.8) is 0 Å². The highest BCUT2D eigenvalue weighted by Gasteiger charge is 2.32. The van der Waals surface area contributed by atoms with Gasteiger partial charge < -0.3 is 10.5 Å². The molecule has 2 N–H and O–H groups in total. The maximum Gasteiger partial charge on any atom is 0.573 e. The Balaban J connectivity index is 2.41. The van der Waals surface area contributed by atoms with Crippen molar-refractivity contribution in [2.24, 2.45) is 0 Å². The molecular formula is C16H16F3NO. The zero-order valence-corrected chi connectivity index (χ0v) is 11.7. The highest BCUT2D eigenvalue weighted by molar-refractivity contribution is 5.70. The second-order valence-electron chi connectivity index (χ2n) is 5.08. The van der Waals surface area contributed by atoms with Crippen LogP contribution in [-0.4, -0.2) is 6.36 Å². The molecule has 0 fully saturated rings. The number of halogens is 3. The number of benzene rings is 2. The first kappa shape index (κ1) is 15.2. The van der Waals surface area contributed by atoms with Crippen molar-refractivity contribution >= 4 is 5.69 Å². The predicted octanol–water partition coefficient (Wildman–Crippen LogP) is 4.96. The van der Waals surface area contributed by atoms with Crippen LogP contribution < -0.4 is 10.5 Å². The number of nitrogens with two attached hydrogens (primary N) is 1. The molecule has 0 atom stereocenters. The van der Waals surface area contributed by atoms with Crippen LogP contribution in [0, 0.1) is 0 Å². The smallest absolute Gasteiger partial charge is 0.404 e. The summed E-state index contributed by atoms with van der Waals surface area (Å²) in [6.07, 6.45) is -4.76. The average Bonchev–Trinajstić information content (AvgIpc) is 2.40. The first-order valence-electron chi connectivity index (χ1n) is 6.52. The van der Waals surface area contributed by atoms with E-state index in [9.17, 15) is 13.2 Å². The van der Waals surface area contributed by atoms with E-state index in [1.165, 1.54) is 12.1 Å². The van der Waals surface area contributed by atoms with E-state index >= 15 is 0 Å². The van der Waals surface area contributed by atoms with Crippen LogP contribution in [0.15, 0.2) is 42.5 Å². The van der Waals surface area contributed by atoms with Gasteiger partial charge in [-0.25, -0.2) is 0 Å². The van der Waals surface area contributed by atoms with E-state index in [2.05, 4.69) is 18.6 Å². The van der Waals surface area contributed by atoms with Gasteiger partial charge in [0.2, 0.25) is 0 Å². The highest BCUT2D eigenvalue weighted by atomic mass is 19.4. The fourth-order valence-corrected chi connectivity index (χ4v) is 2.00. The van der Waals surface area contributed by atoms with Crippen LogP contribution in [0.5, 0.6) is 5.75 Å². The SMILES string of the molecule is CC(C)c1cccc(-c2ccc(N)c(OC(F)(F)F)c2)c1. The molecule has 2 aromatic carbocycles. The summed E-state index contributed by atoms with van der Waals surface area (Å²) in [5.41, 5.74) is 8.05. The number of hydrogen-bond donors (Lipinski definition) is 1. The van der Waals surface area contributed by atoms with Gasteiger partial charge in [0.15, 0.2) is 5.75 Å². The van der Waals surface area contributed by atoms with E-state index in [0.717, 1.165) is 11.1 Å². The normalized spacial score (nSPS) is 11.7. The predicted molar refractivity (Wildman–Crippen MR) is 77.1 cm³/mol. The Morgan fingerprint density at radius 1 is 1.00 bits per heavy atom. The number of ether oxygens (including phenoxy) is 1. The molecule has 0 radical (unpaired) electrons. The molecule has 2 rings (SSSR count). The Hall–Kier alpha value is -2.17. The second-order valence-corrected chi connectivity index (χ2v) is 5.08. The van der Waals surface area contributed by atoms with Gasteiger partial charge in [-0.2, -0.15) is 0 Å². The van der Waals surface area contributed by atoms with E-state index < -0.39 is 6.36 Å². The molecule has 0 bridgehead atoms. The Morgan fingerprint density at radius 3 is 2.29 bits per heavy atom. The lowest BCUT2D eigenvalue weighted by atomic mass is 9.97. The van der Waals surface area contributed by atoms with Crippen molar-refractivity contribution in [2.45, 2.75) is 26.1 Å². The fraction of sp³-hybridized carbons (Fsp3) is 0.250. The summed E-state index contributed by atoms with van der Waals surface area (Å²) in [5.74, 6) is -0.0421. The molecule has 5 heteroatoms. The summed E-state index contributed by atoms with van der Waals surface area (Å²) in [6, 6.07) is 12.1. The third kappa shape index (κ3) is 3.90. The third-order valence-electron chi connectivity index (χ3n) is 3.13. The fourth-order valence-electron chi connectivity index (χ4n) is 2.00. The van der Waals surface area contributed by atoms with Crippen LogP contribution in [0.3, 0.4) is 0 Å². The van der Waals surface area contributed by atoms with Gasteiger partial charge in [0.1, 0.15) is 0 Å². The lowest BCUT2D eigenvalue weighted by molar-refractivity contribution is -0.274. The van der Waals surface area contributed by atoms with E-state index in [1.54, 1.807) is 6.07 Å². The minimum Gasteiger partial charge on any atom is -0.404 e. The quantitative estimate of drug-likeness (QED) is 0.812. The molecule has 112 valence electrons. The summed E-state index contributed by atoms with van der Waals surface area (Å²) in [6.45, 7) is 4.11. The van der Waals surface area contributed by atoms with Crippen LogP contribution in [-0.2, 0) is 0 Å². The summed E-state index contributed by atoms with van der Waals surface area (Å²) in [4.78, 5) is 0. The van der Waals surface area contributed by atoms with Crippen LogP contribution in [0.2, 0.25) is 0 Å². The molecule has 2 aromatic rings. The van der Waals surface area contributed by atoms with Crippen LogP contribution >= 0.6 is 0 Å². The van der Waals surface area contributed by atoms with Gasteiger partial charge in [-0.3, -0.25) is 0 Å². The summed E-state index contributed by atoms with van der Waals surface area (Å²) < 4.78 is 41.0. The topological polar surface area (TPSA) is 35.2 Å². The molecule has 0 unspecified atom stereocenters. The summed E-state index contributed by atoms with van der Waals surface area (Å²) in [5, 5.41) is 0. The zero-order valence-electron chi connectivity index (χ0n) is 11.7. The molecule has 2 nitrogen and oxygen atoms in total. The Kier molecular flexibility index (Phi) is 4.11. The molecule has 0 heterocycles. The van der Waals surface area contributed by atoms with Gasteiger partial charge in [-0.05, 0) is 34.7 Å². The number of rotatable bonds is 3. The van der Waals surface area contributed by atoms with E-state index in [-0.39, 0.29) is 11.4 Å². The lowest BCUT2D eigenvalue weighted by Crippen LogP contribution is -2.18. The van der Waals surface area contributed by atoms with Gasteiger partial charge in [0.05, 0.1) is 5.69 Å². The van der Waals surface area contributed by atoms with Gasteiger partial charge in [0.25, 0.3) is 0 Å². The largest absolute Gasteiger partial charge is 0.573 e. The van der Waals surface area contributed by atoms with Crippen LogP contribution in [0.1, 0.15) is 25.3 Å². The summed E-state index contributed by atoms with van der Waals surface area (Å²) >= 11 is 0. The van der Waals surface area contributed by atoms with Gasteiger partial charge in [-0.1, -0.05) is 44.2 Å². The van der Waals surface area contributed by atoms with Gasteiger partial charge >= 0.3 is 6.36 Å². The molecule has 0 saturated carbocycles. The number of hydrogen-bond acceptors (Lipinski definition) is 2. The average molecular weight is 295 g/mol. The first-order chi connectivity index (χ1) is 9.76. The van der Waals surface area contributed by atoms with Crippen molar-refractivity contribution in [3.05, 3.63) is 48.0 Å². The van der Waals surface area contributed by atoms with Crippen LogP contribution in [0.25, 0.3) is 11.1 Å². The highest BCUT2D eigenvalue weighted by Crippen LogP contribution is 2.33. The molecule has 0 aliphatic rings. The first-order valence-corrected chi connectivity index (χ1v) is 6.52. The summed E-state index contributed by atoms with van der Waals surface area (Å²) in [7, 11) is 0. The Bertz CT molecular complexity index is 636. The maximum atomic E-state index is 12.3. The van der Waals surface area contributed by atoms with Crippen molar-refractivity contribution < 1.29 is 17.9 Å². The standard InChI is InChI=1S/C16H16F3NO/c1-10(2)11-4-3-5-12(8-11)13-6-7-14(20)15(9-13)21-16(17,18)19/h3-10H,20H2,1-2H3. The van der Waals surface area contributed by atoms with Crippen LogP contribution in [0.4, 0.5) is 18.9 Å². The van der Waals surface area contributed by atoms with Crippen molar-refractivity contribution in [1.82, 2.24) is 0 Å². The van der Waals surface area contributed by atoms with E-state index in [4.69, 9.17) is 5.73 Å². The van der Waals surface area contributed by atoms with Crippen molar-refractivity contribution in [1.29, 1.82) is 0 Å². The van der Waals surface area contributed by atoms with Gasteiger partial charge in [-0.15, -0.1) is 13.2 Å². The maximum absolute atomic E-state index is 12.3. The monoisotopic (exact) mass is 295 g/mol. The minimum absolute atomic E-state index is 0.0453. The molecule has 0 aliphatic heterocycles. The lowest BCUT2D eigenvalue weighted by Gasteiger charge is -2.13. The number of nitrogen functional groups attached to an aromatic ring is 1. The minimum atomic E-state index is -4.76. The van der Waals surface area contributed by atoms with Crippen molar-refractivity contribution in [2.75, 3.05) is 5.73 Å². The second kappa shape index (κ2) is 5.68. The van der Waals surface area contributed by atoms with E-state index in [0.29, 0.717) is 11.5 Å². The molecule has 0 aromatic heterocycles. The Labute approximate surface area is 121 Å². The molecule has 0 saturated heterocycles. The Morgan fingerprint density at radius 2 is 1.67 bits per heavy atom. The molecule has 0 aliphatic carbocycles. The molecule has 0 spiro atoms. The number of anilines is 1. The van der Waals surface area contributed by atoms with E-state index in [1.807, 2.05) is 24.3 Å². The molecule has 0 amide bonds. The van der Waals surface area contributed by atoms with Crippen molar-refractivity contribution in [3.8, 4) is 16.9 Å². The number of alkyl halides is 3.